The van der Waals surface area contributed by atoms with Gasteiger partial charge in [-0.15, -0.1) is 0 Å². The molecule has 2 aromatic heterocycles. The van der Waals surface area contributed by atoms with Crippen LogP contribution in [0, 0.1) is 18.6 Å². The van der Waals surface area contributed by atoms with Crippen LogP contribution in [0.3, 0.4) is 0 Å². The molecule has 0 atom stereocenters. The molecule has 0 aliphatic heterocycles. The van der Waals surface area contributed by atoms with Gasteiger partial charge in [-0.05, 0) is 42.3 Å². The first-order chi connectivity index (χ1) is 12.2. The van der Waals surface area contributed by atoms with Crippen molar-refractivity contribution in [3.8, 4) is 11.1 Å². The Labute approximate surface area is 153 Å². The summed E-state index contributed by atoms with van der Waals surface area (Å²) >= 11 is 0. The van der Waals surface area contributed by atoms with Crippen LogP contribution in [0.1, 0.15) is 5.56 Å². The summed E-state index contributed by atoms with van der Waals surface area (Å²) in [5.74, 6) is -0.608. The third-order valence-electron chi connectivity index (χ3n) is 4.39. The van der Waals surface area contributed by atoms with Gasteiger partial charge in [0.05, 0.1) is 5.52 Å². The Morgan fingerprint density at radius 3 is 2.54 bits per heavy atom. The molecule has 0 spiro atoms. The summed E-state index contributed by atoms with van der Waals surface area (Å²) in [6, 6.07) is 7.85. The summed E-state index contributed by atoms with van der Waals surface area (Å²) < 4.78 is 35.2. The maximum absolute atomic E-state index is 14.2. The Morgan fingerprint density at radius 1 is 1.08 bits per heavy atom. The number of benzene rings is 1. The molecule has 3 rings (SSSR count). The number of aryl methyl sites for hydroxylation is 1. The normalized spacial score (nSPS) is 12.1. The number of hydrogen-bond donors (Lipinski definition) is 0. The molecule has 0 N–H and O–H groups in total. The molecule has 0 aliphatic carbocycles. The van der Waals surface area contributed by atoms with Crippen molar-refractivity contribution in [2.24, 2.45) is 0 Å². The highest BCUT2D eigenvalue weighted by molar-refractivity contribution is 6.76. The van der Waals surface area contributed by atoms with Gasteiger partial charge in [0.1, 0.15) is 18.1 Å². The predicted molar refractivity (Wildman–Crippen MR) is 104 cm³/mol. The zero-order valence-corrected chi connectivity index (χ0v) is 16.6. The number of nitrogens with zero attached hydrogens (tertiary/aromatic N) is 2. The number of rotatable bonds is 6. The summed E-state index contributed by atoms with van der Waals surface area (Å²) in [4.78, 5) is 4.26. The number of aromatic nitrogens is 2. The van der Waals surface area contributed by atoms with E-state index in [2.05, 4.69) is 24.6 Å². The van der Waals surface area contributed by atoms with Gasteiger partial charge in [0.25, 0.3) is 0 Å². The van der Waals surface area contributed by atoms with E-state index in [0.29, 0.717) is 29.9 Å². The number of hydrogen-bond acceptors (Lipinski definition) is 2. The fraction of sp³-hybridized carbons (Fsp3) is 0.350. The van der Waals surface area contributed by atoms with E-state index in [1.807, 2.05) is 6.07 Å². The predicted octanol–water partition coefficient (Wildman–Crippen LogP) is 5.60. The number of halogens is 2. The standard InChI is InChI=1S/C20H24F2N2OSi/c1-14-9-15(5-6-17(14)21)16-10-19-20(23-11-16)18(22)12-24(19)13-25-7-8-26(2,3)4/h5-6,9-12H,7-8,13H2,1-4H3. The molecule has 26 heavy (non-hydrogen) atoms. The highest BCUT2D eigenvalue weighted by Gasteiger charge is 2.14. The van der Waals surface area contributed by atoms with Gasteiger partial charge in [0.15, 0.2) is 5.82 Å². The summed E-state index contributed by atoms with van der Waals surface area (Å²) in [5.41, 5.74) is 3.24. The second-order valence-electron chi connectivity index (χ2n) is 7.85. The Morgan fingerprint density at radius 2 is 1.85 bits per heavy atom. The number of ether oxygens (including phenoxy) is 1. The second-order valence-corrected chi connectivity index (χ2v) is 13.5. The summed E-state index contributed by atoms with van der Waals surface area (Å²) in [5, 5.41) is 0. The lowest BCUT2D eigenvalue weighted by Crippen LogP contribution is -2.21. The van der Waals surface area contributed by atoms with Gasteiger partial charge in [-0.3, -0.25) is 4.98 Å². The lowest BCUT2D eigenvalue weighted by Gasteiger charge is -2.15. The van der Waals surface area contributed by atoms with E-state index in [0.717, 1.165) is 17.2 Å². The van der Waals surface area contributed by atoms with Crippen molar-refractivity contribution in [1.29, 1.82) is 0 Å². The van der Waals surface area contributed by atoms with Gasteiger partial charge in [-0.1, -0.05) is 25.7 Å². The Kier molecular flexibility index (Phi) is 5.25. The molecule has 0 fully saturated rings. The van der Waals surface area contributed by atoms with Gasteiger partial charge in [0, 0.05) is 32.6 Å². The molecule has 3 aromatic rings. The average molecular weight is 375 g/mol. The number of fused-ring (bicyclic) bond motifs is 1. The minimum Gasteiger partial charge on any atom is -0.361 e. The van der Waals surface area contributed by atoms with Crippen LogP contribution >= 0.6 is 0 Å². The molecule has 6 heteroatoms. The molecule has 0 saturated heterocycles. The van der Waals surface area contributed by atoms with E-state index < -0.39 is 8.07 Å². The van der Waals surface area contributed by atoms with E-state index in [-0.39, 0.29) is 11.6 Å². The summed E-state index contributed by atoms with van der Waals surface area (Å²) in [7, 11) is -1.16. The minimum absolute atomic E-state index is 0.243. The van der Waals surface area contributed by atoms with Crippen molar-refractivity contribution in [2.75, 3.05) is 6.61 Å². The molecule has 0 unspecified atom stereocenters. The average Bonchev–Trinajstić information content (AvgIpc) is 2.89. The van der Waals surface area contributed by atoms with E-state index >= 15 is 0 Å². The summed E-state index contributed by atoms with van der Waals surface area (Å²) in [6.07, 6.45) is 3.04. The van der Waals surface area contributed by atoms with Gasteiger partial charge in [0.2, 0.25) is 0 Å². The van der Waals surface area contributed by atoms with Crippen LogP contribution < -0.4 is 0 Å². The first-order valence-corrected chi connectivity index (χ1v) is 12.4. The first kappa shape index (κ1) is 18.7. The molecule has 0 aliphatic rings. The zero-order valence-electron chi connectivity index (χ0n) is 15.6. The molecular formula is C20H24F2N2OSi. The Hall–Kier alpha value is -2.05. The monoisotopic (exact) mass is 374 g/mol. The maximum atomic E-state index is 14.2. The maximum Gasteiger partial charge on any atom is 0.167 e. The van der Waals surface area contributed by atoms with Crippen LogP contribution in [-0.4, -0.2) is 24.2 Å². The molecule has 3 nitrogen and oxygen atoms in total. The fourth-order valence-electron chi connectivity index (χ4n) is 2.75. The lowest BCUT2D eigenvalue weighted by molar-refractivity contribution is 0.0899. The third kappa shape index (κ3) is 4.19. The van der Waals surface area contributed by atoms with Crippen molar-refractivity contribution in [3.63, 3.8) is 0 Å². The highest BCUT2D eigenvalue weighted by atomic mass is 28.3. The number of pyridine rings is 1. The molecule has 0 bridgehead atoms. The van der Waals surface area contributed by atoms with E-state index in [4.69, 9.17) is 4.74 Å². The van der Waals surface area contributed by atoms with Crippen LogP contribution in [0.25, 0.3) is 22.2 Å². The van der Waals surface area contributed by atoms with Gasteiger partial charge in [-0.25, -0.2) is 8.78 Å². The molecule has 0 amide bonds. The zero-order chi connectivity index (χ0) is 18.9. The molecule has 138 valence electrons. The smallest absolute Gasteiger partial charge is 0.167 e. The lowest BCUT2D eigenvalue weighted by atomic mass is 10.0. The Bertz CT molecular complexity index is 931. The van der Waals surface area contributed by atoms with Crippen molar-refractivity contribution in [1.82, 2.24) is 9.55 Å². The van der Waals surface area contributed by atoms with Gasteiger partial charge < -0.3 is 9.30 Å². The fourth-order valence-corrected chi connectivity index (χ4v) is 3.51. The van der Waals surface area contributed by atoms with Crippen LogP contribution in [0.15, 0.2) is 36.7 Å². The van der Waals surface area contributed by atoms with Crippen molar-refractivity contribution < 1.29 is 13.5 Å². The van der Waals surface area contributed by atoms with Crippen molar-refractivity contribution >= 4 is 19.1 Å². The molecule has 1 aromatic carbocycles. The van der Waals surface area contributed by atoms with Crippen molar-refractivity contribution in [2.45, 2.75) is 39.3 Å². The van der Waals surface area contributed by atoms with Crippen LogP contribution in [0.4, 0.5) is 8.78 Å². The quantitative estimate of drug-likeness (QED) is 0.415. The van der Waals surface area contributed by atoms with Crippen LogP contribution in [0.2, 0.25) is 25.7 Å². The van der Waals surface area contributed by atoms with E-state index in [1.54, 1.807) is 29.8 Å². The highest BCUT2D eigenvalue weighted by Crippen LogP contribution is 2.26. The summed E-state index contributed by atoms with van der Waals surface area (Å²) in [6.45, 7) is 9.56. The van der Waals surface area contributed by atoms with E-state index in [9.17, 15) is 8.78 Å². The Balaban J connectivity index is 1.86. The first-order valence-electron chi connectivity index (χ1n) is 8.73. The van der Waals surface area contributed by atoms with Crippen molar-refractivity contribution in [3.05, 3.63) is 53.9 Å². The topological polar surface area (TPSA) is 27.1 Å². The molecular weight excluding hydrogens is 350 g/mol. The molecule has 2 heterocycles. The van der Waals surface area contributed by atoms with Gasteiger partial charge in [-0.2, -0.15) is 0 Å². The van der Waals surface area contributed by atoms with Crippen LogP contribution in [-0.2, 0) is 11.5 Å². The second kappa shape index (κ2) is 7.29. The molecule has 0 radical (unpaired) electrons. The minimum atomic E-state index is -1.16. The van der Waals surface area contributed by atoms with E-state index in [1.165, 1.54) is 12.3 Å². The SMILES string of the molecule is Cc1cc(-c2cnc3c(F)cn(COCC[Si](C)(C)C)c3c2)ccc1F. The largest absolute Gasteiger partial charge is 0.361 e. The molecule has 0 saturated carbocycles. The van der Waals surface area contributed by atoms with Gasteiger partial charge >= 0.3 is 0 Å². The van der Waals surface area contributed by atoms with Crippen LogP contribution in [0.5, 0.6) is 0 Å². The third-order valence-corrected chi connectivity index (χ3v) is 6.09.